The fourth-order valence-electron chi connectivity index (χ4n) is 3.42. The van der Waals surface area contributed by atoms with Crippen LogP contribution in [0.5, 0.6) is 0 Å². The lowest BCUT2D eigenvalue weighted by atomic mass is 9.85. The number of hydrogen-bond acceptors (Lipinski definition) is 6. The second-order valence-corrected chi connectivity index (χ2v) is 6.45. The van der Waals surface area contributed by atoms with E-state index < -0.39 is 36.0 Å². The highest BCUT2D eigenvalue weighted by Gasteiger charge is 2.46. The van der Waals surface area contributed by atoms with Crippen molar-refractivity contribution in [3.8, 4) is 0 Å². The van der Waals surface area contributed by atoms with Gasteiger partial charge in [-0.15, -0.1) is 0 Å². The maximum atomic E-state index is 12.0. The lowest BCUT2D eigenvalue weighted by molar-refractivity contribution is -0.145. The van der Waals surface area contributed by atoms with Gasteiger partial charge in [0.2, 0.25) is 0 Å². The van der Waals surface area contributed by atoms with E-state index in [1.54, 1.807) is 25.2 Å². The molecule has 0 aromatic rings. The topological polar surface area (TPSA) is 78.9 Å². The molecule has 1 aliphatic carbocycles. The summed E-state index contributed by atoms with van der Waals surface area (Å²) in [5.41, 5.74) is 1.62. The highest BCUT2D eigenvalue weighted by atomic mass is 16.6. The highest BCUT2D eigenvalue weighted by Crippen LogP contribution is 2.38. The van der Waals surface area contributed by atoms with Gasteiger partial charge in [-0.2, -0.15) is 0 Å². The summed E-state index contributed by atoms with van der Waals surface area (Å²) in [6, 6.07) is 0. The van der Waals surface area contributed by atoms with E-state index in [0.29, 0.717) is 12.0 Å². The first-order chi connectivity index (χ1) is 11.9. The molecule has 25 heavy (non-hydrogen) atoms. The first-order valence-corrected chi connectivity index (χ1v) is 8.21. The van der Waals surface area contributed by atoms with Gasteiger partial charge in [-0.1, -0.05) is 18.2 Å². The minimum Gasteiger partial charge on any atom is -0.458 e. The van der Waals surface area contributed by atoms with E-state index in [0.717, 1.165) is 5.57 Å². The van der Waals surface area contributed by atoms with Crippen molar-refractivity contribution >= 4 is 17.9 Å². The van der Waals surface area contributed by atoms with Crippen LogP contribution in [0.2, 0.25) is 0 Å². The molecule has 0 aromatic carbocycles. The fourth-order valence-corrected chi connectivity index (χ4v) is 3.42. The number of allylic oxidation sites excluding steroid dienone is 1. The zero-order valence-corrected chi connectivity index (χ0v) is 14.2. The smallest absolute Gasteiger partial charge is 0.334 e. The van der Waals surface area contributed by atoms with Crippen molar-refractivity contribution in [1.82, 2.24) is 0 Å². The Labute approximate surface area is 145 Å². The third kappa shape index (κ3) is 3.43. The third-order valence-electron chi connectivity index (χ3n) is 4.53. The predicted molar refractivity (Wildman–Crippen MR) is 88.2 cm³/mol. The Hall–Kier alpha value is -2.63. The summed E-state index contributed by atoms with van der Waals surface area (Å²) in [5, 5.41) is 0. The van der Waals surface area contributed by atoms with Gasteiger partial charge < -0.3 is 14.2 Å². The minimum absolute atomic E-state index is 0.218. The molecule has 1 fully saturated rings. The van der Waals surface area contributed by atoms with Crippen LogP contribution in [0.25, 0.3) is 0 Å². The number of esters is 3. The van der Waals surface area contributed by atoms with E-state index in [4.69, 9.17) is 14.2 Å². The quantitative estimate of drug-likeness (QED) is 0.331. The summed E-state index contributed by atoms with van der Waals surface area (Å²) < 4.78 is 16.3. The molecule has 0 saturated carbocycles. The summed E-state index contributed by atoms with van der Waals surface area (Å²) in [4.78, 5) is 36.0. The van der Waals surface area contributed by atoms with Gasteiger partial charge >= 0.3 is 17.9 Å². The molecular formula is C19H20O6. The molecule has 2 aliphatic heterocycles. The molecular weight excluding hydrogens is 324 g/mol. The molecule has 0 amide bonds. The zero-order valence-electron chi connectivity index (χ0n) is 14.2. The van der Waals surface area contributed by atoms with Crippen LogP contribution in [0, 0.1) is 5.92 Å². The van der Waals surface area contributed by atoms with Crippen LogP contribution in [0.3, 0.4) is 0 Å². The fraction of sp³-hybridized carbons (Fsp3) is 0.421. The number of ether oxygens (including phenoxy) is 3. The number of fused-ring (bicyclic) bond motifs is 2. The lowest BCUT2D eigenvalue weighted by Gasteiger charge is -2.25. The van der Waals surface area contributed by atoms with Gasteiger partial charge in [0, 0.05) is 30.1 Å². The van der Waals surface area contributed by atoms with Gasteiger partial charge in [0.1, 0.15) is 18.3 Å². The average Bonchev–Trinajstić information content (AvgIpc) is 2.98. The molecule has 132 valence electrons. The van der Waals surface area contributed by atoms with Crippen LogP contribution < -0.4 is 0 Å². The molecule has 0 aromatic heterocycles. The van der Waals surface area contributed by atoms with Crippen LogP contribution in [0.15, 0.2) is 47.6 Å². The van der Waals surface area contributed by atoms with E-state index in [1.807, 2.05) is 6.92 Å². The first kappa shape index (κ1) is 17.2. The second kappa shape index (κ2) is 6.70. The molecule has 2 heterocycles. The van der Waals surface area contributed by atoms with Gasteiger partial charge in [0.05, 0.1) is 5.92 Å². The average molecular weight is 344 g/mol. The van der Waals surface area contributed by atoms with E-state index in [9.17, 15) is 14.4 Å². The number of carbonyl (C=O) groups excluding carboxylic acids is 3. The first-order valence-electron chi connectivity index (χ1n) is 8.21. The van der Waals surface area contributed by atoms with Crippen molar-refractivity contribution in [2.45, 2.75) is 45.0 Å². The highest BCUT2D eigenvalue weighted by molar-refractivity contribution is 5.93. The Kier molecular flexibility index (Phi) is 4.61. The standard InChI is InChI=1S/C19H20O6/c1-4-5-16(20)24-14-7-10(2)6-13-8-12(19(22)23-13)9-15-17(14)11(3)18(21)25-15/h4-5,7-8,13-15,17H,3,6,9H2,1-2H3/b5-4+,10-7+/t13-,14?,15?,17+/m1/s1. The lowest BCUT2D eigenvalue weighted by Crippen LogP contribution is -2.32. The summed E-state index contributed by atoms with van der Waals surface area (Å²) >= 11 is 0. The van der Waals surface area contributed by atoms with Crippen molar-refractivity contribution in [3.63, 3.8) is 0 Å². The van der Waals surface area contributed by atoms with Gasteiger partial charge in [0.25, 0.3) is 0 Å². The molecule has 0 spiro atoms. The summed E-state index contributed by atoms with van der Waals surface area (Å²) in [6.07, 6.45) is 5.53. The largest absolute Gasteiger partial charge is 0.458 e. The van der Waals surface area contributed by atoms with E-state index >= 15 is 0 Å². The Balaban J connectivity index is 1.98. The monoisotopic (exact) mass is 344 g/mol. The van der Waals surface area contributed by atoms with Crippen molar-refractivity contribution in [2.75, 3.05) is 0 Å². The van der Waals surface area contributed by atoms with Crippen LogP contribution in [0.1, 0.15) is 26.7 Å². The Morgan fingerprint density at radius 2 is 2.00 bits per heavy atom. The molecule has 1 saturated heterocycles. The maximum absolute atomic E-state index is 12.0. The maximum Gasteiger partial charge on any atom is 0.334 e. The SMILES string of the molecule is C=C1C(=O)OC2CC3=C[C@@H](C/C(C)=C/C(OC(=O)/C=C/C)[C@H]12)OC3=O. The van der Waals surface area contributed by atoms with Crippen molar-refractivity contribution in [1.29, 1.82) is 0 Å². The van der Waals surface area contributed by atoms with E-state index in [2.05, 4.69) is 6.58 Å². The van der Waals surface area contributed by atoms with Crippen molar-refractivity contribution in [3.05, 3.63) is 47.6 Å². The molecule has 3 aliphatic rings. The third-order valence-corrected chi connectivity index (χ3v) is 4.53. The predicted octanol–water partition coefficient (Wildman–Crippen LogP) is 2.16. The van der Waals surface area contributed by atoms with Gasteiger partial charge in [0.15, 0.2) is 0 Å². The van der Waals surface area contributed by atoms with Crippen LogP contribution in [0.4, 0.5) is 0 Å². The molecule has 2 bridgehead atoms. The number of carbonyl (C=O) groups is 3. The van der Waals surface area contributed by atoms with Crippen molar-refractivity contribution in [2.24, 2.45) is 5.92 Å². The van der Waals surface area contributed by atoms with Gasteiger partial charge in [-0.05, 0) is 26.0 Å². The molecule has 0 radical (unpaired) electrons. The normalized spacial score (nSPS) is 33.9. The van der Waals surface area contributed by atoms with Gasteiger partial charge in [-0.3, -0.25) is 0 Å². The van der Waals surface area contributed by atoms with Gasteiger partial charge in [-0.25, -0.2) is 14.4 Å². The Morgan fingerprint density at radius 3 is 2.72 bits per heavy atom. The molecule has 4 atom stereocenters. The molecule has 6 heteroatoms. The zero-order chi connectivity index (χ0) is 18.1. The van der Waals surface area contributed by atoms with Crippen LogP contribution >= 0.6 is 0 Å². The Morgan fingerprint density at radius 1 is 1.24 bits per heavy atom. The van der Waals surface area contributed by atoms with Crippen LogP contribution in [-0.2, 0) is 28.6 Å². The van der Waals surface area contributed by atoms with E-state index in [1.165, 1.54) is 6.08 Å². The number of hydrogen-bond donors (Lipinski definition) is 0. The summed E-state index contributed by atoms with van der Waals surface area (Å²) in [5.74, 6) is -1.97. The molecule has 3 rings (SSSR count). The van der Waals surface area contributed by atoms with Crippen molar-refractivity contribution < 1.29 is 28.6 Å². The molecule has 6 nitrogen and oxygen atoms in total. The van der Waals surface area contributed by atoms with E-state index in [-0.39, 0.29) is 18.1 Å². The number of rotatable bonds is 2. The molecule has 2 unspecified atom stereocenters. The minimum atomic E-state index is -0.694. The second-order valence-electron chi connectivity index (χ2n) is 6.45. The summed E-state index contributed by atoms with van der Waals surface area (Å²) in [7, 11) is 0. The summed E-state index contributed by atoms with van der Waals surface area (Å²) in [6.45, 7) is 7.39. The molecule has 0 N–H and O–H groups in total. The Bertz CT molecular complexity index is 726. The van der Waals surface area contributed by atoms with Crippen LogP contribution in [-0.4, -0.2) is 36.2 Å².